The van der Waals surface area contributed by atoms with Gasteiger partial charge in [0.05, 0.1) is 5.75 Å². The summed E-state index contributed by atoms with van der Waals surface area (Å²) < 4.78 is 2.06. The molecule has 0 fully saturated rings. The minimum atomic E-state index is -0.122. The molecule has 0 spiro atoms. The van der Waals surface area contributed by atoms with Crippen LogP contribution in [0.25, 0.3) is 0 Å². The number of carbonyl (C=O) groups is 1. The molecule has 2 rings (SSSR count). The van der Waals surface area contributed by atoms with Gasteiger partial charge in [0.2, 0.25) is 11.0 Å². The maximum atomic E-state index is 11.8. The van der Waals surface area contributed by atoms with Crippen molar-refractivity contribution in [1.82, 2.24) is 25.0 Å². The lowest BCUT2D eigenvalue weighted by Gasteiger charge is -2.12. The van der Waals surface area contributed by atoms with Gasteiger partial charge in [0.1, 0.15) is 11.3 Å². The summed E-state index contributed by atoms with van der Waals surface area (Å²) in [5.41, 5.74) is 1.58. The highest BCUT2D eigenvalue weighted by Crippen LogP contribution is 2.22. The Bertz CT molecular complexity index is 565. The van der Waals surface area contributed by atoms with Gasteiger partial charge in [-0.2, -0.15) is 0 Å². The van der Waals surface area contributed by atoms with E-state index in [1.807, 2.05) is 6.92 Å². The summed E-state index contributed by atoms with van der Waals surface area (Å²) in [5, 5.41) is 19.7. The second kappa shape index (κ2) is 6.80. The molecule has 0 aliphatic carbocycles. The zero-order valence-electron chi connectivity index (χ0n) is 11.5. The number of carbonyl (C=O) groups excluding carboxylic acids is 1. The molecule has 0 unspecified atom stereocenters. The van der Waals surface area contributed by atoms with E-state index in [0.29, 0.717) is 5.13 Å². The second-order valence-electron chi connectivity index (χ2n) is 4.30. The van der Waals surface area contributed by atoms with Crippen LogP contribution in [0, 0.1) is 0 Å². The fourth-order valence-electron chi connectivity index (χ4n) is 1.68. The van der Waals surface area contributed by atoms with Crippen LogP contribution in [-0.2, 0) is 11.2 Å². The third-order valence-corrected chi connectivity index (χ3v) is 4.06. The first-order valence-corrected chi connectivity index (χ1v) is 8.11. The molecule has 1 amide bonds. The predicted octanol–water partition coefficient (Wildman–Crippen LogP) is 2.00. The highest BCUT2D eigenvalue weighted by Gasteiger charge is 2.15. The number of hydrogen-bond donors (Lipinski definition) is 1. The lowest BCUT2D eigenvalue weighted by atomic mass is 10.3. The van der Waals surface area contributed by atoms with Gasteiger partial charge in [-0.05, 0) is 13.8 Å². The Balaban J connectivity index is 1.97. The number of rotatable bonds is 6. The summed E-state index contributed by atoms with van der Waals surface area (Å²) >= 11 is 2.67. The molecule has 9 heteroatoms. The molecule has 2 heterocycles. The Labute approximate surface area is 125 Å². The van der Waals surface area contributed by atoms with Crippen LogP contribution < -0.4 is 5.32 Å². The number of nitrogens with zero attached hydrogens (tertiary/aromatic N) is 5. The normalized spacial score (nSPS) is 11.0. The fourth-order valence-corrected chi connectivity index (χ4v) is 3.03. The molecule has 0 bridgehead atoms. The van der Waals surface area contributed by atoms with Crippen molar-refractivity contribution < 1.29 is 4.79 Å². The van der Waals surface area contributed by atoms with E-state index < -0.39 is 0 Å². The molecule has 7 nitrogen and oxygen atoms in total. The highest BCUT2D eigenvalue weighted by molar-refractivity contribution is 7.99. The molecule has 0 radical (unpaired) electrons. The summed E-state index contributed by atoms with van der Waals surface area (Å²) in [6, 6.07) is 0.272. The number of aryl methyl sites for hydroxylation is 1. The first-order chi connectivity index (χ1) is 9.61. The van der Waals surface area contributed by atoms with E-state index in [-0.39, 0.29) is 17.7 Å². The van der Waals surface area contributed by atoms with Crippen molar-refractivity contribution in [2.45, 2.75) is 38.4 Å². The molecule has 0 aromatic carbocycles. The highest BCUT2D eigenvalue weighted by atomic mass is 32.2. The van der Waals surface area contributed by atoms with Gasteiger partial charge in [-0.3, -0.25) is 10.1 Å². The minimum Gasteiger partial charge on any atom is -0.303 e. The maximum Gasteiger partial charge on any atom is 0.236 e. The quantitative estimate of drug-likeness (QED) is 0.821. The third kappa shape index (κ3) is 3.54. The largest absolute Gasteiger partial charge is 0.303 e. The molecule has 1 N–H and O–H groups in total. The summed E-state index contributed by atoms with van der Waals surface area (Å²) in [5.74, 6) is 1.09. The topological polar surface area (TPSA) is 85.6 Å². The number of anilines is 1. The van der Waals surface area contributed by atoms with E-state index in [2.05, 4.69) is 44.1 Å². The molecular weight excluding hydrogens is 296 g/mol. The van der Waals surface area contributed by atoms with Crippen molar-refractivity contribution in [1.29, 1.82) is 0 Å². The van der Waals surface area contributed by atoms with E-state index >= 15 is 0 Å². The maximum absolute atomic E-state index is 11.8. The van der Waals surface area contributed by atoms with Crippen molar-refractivity contribution in [2.24, 2.45) is 0 Å². The monoisotopic (exact) mass is 312 g/mol. The number of thioether (sulfide) groups is 1. The van der Waals surface area contributed by atoms with Gasteiger partial charge in [0, 0.05) is 12.5 Å². The summed E-state index contributed by atoms with van der Waals surface area (Å²) in [7, 11) is 0. The van der Waals surface area contributed by atoms with E-state index in [9.17, 15) is 4.79 Å². The van der Waals surface area contributed by atoms with Crippen molar-refractivity contribution in [3.8, 4) is 0 Å². The van der Waals surface area contributed by atoms with Crippen molar-refractivity contribution in [3.63, 3.8) is 0 Å². The Morgan fingerprint density at radius 3 is 2.85 bits per heavy atom. The van der Waals surface area contributed by atoms with Gasteiger partial charge in [0.25, 0.3) is 0 Å². The summed E-state index contributed by atoms with van der Waals surface area (Å²) in [6.45, 7) is 6.20. The molecule has 20 heavy (non-hydrogen) atoms. The second-order valence-corrected chi connectivity index (χ2v) is 6.07. The number of aromatic nitrogens is 5. The van der Waals surface area contributed by atoms with Crippen molar-refractivity contribution in [2.75, 3.05) is 11.1 Å². The average Bonchev–Trinajstić information content (AvgIpc) is 3.04. The van der Waals surface area contributed by atoms with Gasteiger partial charge in [-0.15, -0.1) is 20.4 Å². The van der Waals surface area contributed by atoms with Gasteiger partial charge in [-0.25, -0.2) is 0 Å². The Hall–Kier alpha value is -1.48. The number of nitrogens with one attached hydrogen (secondary N) is 1. The molecule has 108 valence electrons. The zero-order valence-corrected chi connectivity index (χ0v) is 13.2. The molecule has 0 saturated carbocycles. The average molecular weight is 312 g/mol. The molecular formula is C11H16N6OS2. The molecule has 0 saturated heterocycles. The smallest absolute Gasteiger partial charge is 0.236 e. The van der Waals surface area contributed by atoms with Crippen LogP contribution in [0.2, 0.25) is 0 Å². The van der Waals surface area contributed by atoms with Crippen molar-refractivity contribution in [3.05, 3.63) is 11.3 Å². The molecule has 0 aliphatic heterocycles. The van der Waals surface area contributed by atoms with E-state index in [4.69, 9.17) is 0 Å². The van der Waals surface area contributed by atoms with Crippen LogP contribution >= 0.6 is 23.1 Å². The Morgan fingerprint density at radius 2 is 2.25 bits per heavy atom. The number of hydrogen-bond acceptors (Lipinski definition) is 7. The number of amides is 1. The van der Waals surface area contributed by atoms with Crippen LogP contribution in [0.1, 0.15) is 32.6 Å². The first-order valence-electron chi connectivity index (χ1n) is 6.24. The van der Waals surface area contributed by atoms with Crippen LogP contribution in [0.5, 0.6) is 0 Å². The fraction of sp³-hybridized carbons (Fsp3) is 0.545. The predicted molar refractivity (Wildman–Crippen MR) is 79.0 cm³/mol. The van der Waals surface area contributed by atoms with Gasteiger partial charge in [-0.1, -0.05) is 30.0 Å². The Kier molecular flexibility index (Phi) is 5.07. The van der Waals surface area contributed by atoms with Crippen LogP contribution in [-0.4, -0.2) is 36.6 Å². The summed E-state index contributed by atoms with van der Waals surface area (Å²) in [6.07, 6.45) is 0.822. The van der Waals surface area contributed by atoms with E-state index in [0.717, 1.165) is 17.4 Å². The van der Waals surface area contributed by atoms with Crippen molar-refractivity contribution >= 4 is 34.1 Å². The lowest BCUT2D eigenvalue weighted by molar-refractivity contribution is -0.113. The zero-order chi connectivity index (χ0) is 14.5. The van der Waals surface area contributed by atoms with Crippen LogP contribution in [0.15, 0.2) is 10.7 Å². The van der Waals surface area contributed by atoms with Gasteiger partial charge in [0.15, 0.2) is 5.16 Å². The molecule has 0 aliphatic rings. The van der Waals surface area contributed by atoms with Crippen LogP contribution in [0.3, 0.4) is 0 Å². The standard InChI is InChI=1S/C11H16N6OS2/c1-4-8-14-16-11(17(8)7(2)3)19-5-9(18)13-10-15-12-6-20-10/h6-7H,4-5H2,1-3H3,(H,13,15,18). The van der Waals surface area contributed by atoms with Gasteiger partial charge >= 0.3 is 0 Å². The SMILES string of the molecule is CCc1nnc(SCC(=O)Nc2nncs2)n1C(C)C. The van der Waals surface area contributed by atoms with E-state index in [1.165, 1.54) is 23.1 Å². The molecule has 0 atom stereocenters. The minimum absolute atomic E-state index is 0.122. The molecule has 2 aromatic heterocycles. The Morgan fingerprint density at radius 1 is 1.45 bits per heavy atom. The molecule has 2 aromatic rings. The van der Waals surface area contributed by atoms with E-state index in [1.54, 1.807) is 5.51 Å². The van der Waals surface area contributed by atoms with Crippen LogP contribution in [0.4, 0.5) is 5.13 Å². The third-order valence-electron chi connectivity index (χ3n) is 2.51. The summed E-state index contributed by atoms with van der Waals surface area (Å²) in [4.78, 5) is 11.8. The first kappa shape index (κ1) is 14.9. The lowest BCUT2D eigenvalue weighted by Crippen LogP contribution is -2.15. The van der Waals surface area contributed by atoms with Gasteiger partial charge < -0.3 is 4.57 Å².